The van der Waals surface area contributed by atoms with Gasteiger partial charge < -0.3 is 15.0 Å². The van der Waals surface area contributed by atoms with Gasteiger partial charge in [0, 0.05) is 17.6 Å². The lowest BCUT2D eigenvalue weighted by Crippen LogP contribution is -2.53. The van der Waals surface area contributed by atoms with E-state index in [1.165, 1.54) is 30.2 Å². The monoisotopic (exact) mass is 611 g/mol. The van der Waals surface area contributed by atoms with E-state index in [9.17, 15) is 18.0 Å². The third-order valence-electron chi connectivity index (χ3n) is 7.57. The first-order valence-corrected chi connectivity index (χ1v) is 16.0. The van der Waals surface area contributed by atoms with Gasteiger partial charge in [-0.1, -0.05) is 78.9 Å². The fraction of sp³-hybridized carbons (Fsp3) is 0.375. The third-order valence-corrected chi connectivity index (χ3v) is 9.58. The molecule has 0 spiro atoms. The summed E-state index contributed by atoms with van der Waals surface area (Å²) < 4.78 is 34.5. The molecule has 3 aromatic rings. The number of hydrogen-bond donors (Lipinski definition) is 1. The average Bonchev–Trinajstić information content (AvgIpc) is 2.99. The molecule has 1 N–H and O–H groups in total. The summed E-state index contributed by atoms with van der Waals surface area (Å²) in [6, 6.07) is 19.4. The zero-order chi connectivity index (χ0) is 30.3. The number of sulfonamides is 1. The molecule has 1 saturated carbocycles. The fourth-order valence-electron chi connectivity index (χ4n) is 5.25. The van der Waals surface area contributed by atoms with E-state index in [2.05, 4.69) is 5.32 Å². The molecule has 8 nitrogen and oxygen atoms in total. The van der Waals surface area contributed by atoms with Crippen LogP contribution >= 0.6 is 11.6 Å². The molecule has 0 heterocycles. The molecule has 3 aromatic carbocycles. The molecule has 1 aliphatic carbocycles. The van der Waals surface area contributed by atoms with Gasteiger partial charge in [-0.2, -0.15) is 0 Å². The Morgan fingerprint density at radius 2 is 1.71 bits per heavy atom. The van der Waals surface area contributed by atoms with Gasteiger partial charge in [0.2, 0.25) is 11.8 Å². The lowest BCUT2D eigenvalue weighted by molar-refractivity contribution is -0.139. The van der Waals surface area contributed by atoms with E-state index in [0.717, 1.165) is 47.5 Å². The molecule has 224 valence electrons. The predicted molar refractivity (Wildman–Crippen MR) is 165 cm³/mol. The zero-order valence-corrected chi connectivity index (χ0v) is 25.8. The van der Waals surface area contributed by atoms with Crippen LogP contribution in [-0.2, 0) is 26.2 Å². The average molecular weight is 612 g/mol. The Kier molecular flexibility index (Phi) is 10.5. The minimum Gasteiger partial charge on any atom is -0.495 e. The van der Waals surface area contributed by atoms with Crippen LogP contribution in [0.4, 0.5) is 5.69 Å². The molecule has 0 unspecified atom stereocenters. The quantitative estimate of drug-likeness (QED) is 0.299. The van der Waals surface area contributed by atoms with Crippen LogP contribution in [0.1, 0.15) is 50.2 Å². The normalized spacial score (nSPS) is 14.6. The molecular weight excluding hydrogens is 574 g/mol. The summed E-state index contributed by atoms with van der Waals surface area (Å²) in [5.74, 6) is -0.565. The predicted octanol–water partition coefficient (Wildman–Crippen LogP) is 5.72. The summed E-state index contributed by atoms with van der Waals surface area (Å²) in [4.78, 5) is 29.1. The first-order chi connectivity index (χ1) is 20.1. The molecule has 0 aliphatic heterocycles. The smallest absolute Gasteiger partial charge is 0.264 e. The summed E-state index contributed by atoms with van der Waals surface area (Å²) in [6.07, 6.45) is 5.07. The van der Waals surface area contributed by atoms with E-state index in [0.29, 0.717) is 0 Å². The number of methoxy groups -OCH3 is 1. The Morgan fingerprint density at radius 3 is 2.38 bits per heavy atom. The SMILES string of the molecule is COc1ccc(Cl)cc1N(CC(=O)N(Cc1cccc(C)c1)[C@@H](C)C(=O)NC1CCCCC1)S(=O)(=O)c1ccccc1. The summed E-state index contributed by atoms with van der Waals surface area (Å²) in [6.45, 7) is 3.20. The van der Waals surface area contributed by atoms with E-state index in [1.54, 1.807) is 37.3 Å². The second-order valence-corrected chi connectivity index (χ2v) is 13.0. The number of carbonyl (C=O) groups is 2. The minimum atomic E-state index is -4.23. The van der Waals surface area contributed by atoms with Gasteiger partial charge in [-0.15, -0.1) is 0 Å². The maximum absolute atomic E-state index is 14.2. The van der Waals surface area contributed by atoms with E-state index >= 15 is 0 Å². The lowest BCUT2D eigenvalue weighted by atomic mass is 9.95. The molecule has 0 bridgehead atoms. The van der Waals surface area contributed by atoms with Gasteiger partial charge in [0.25, 0.3) is 10.0 Å². The van der Waals surface area contributed by atoms with Gasteiger partial charge in [0.05, 0.1) is 17.7 Å². The van der Waals surface area contributed by atoms with E-state index in [1.807, 2.05) is 31.2 Å². The number of amides is 2. The van der Waals surface area contributed by atoms with Gasteiger partial charge in [-0.05, 0) is 62.6 Å². The van der Waals surface area contributed by atoms with E-state index < -0.39 is 28.5 Å². The Hall–Kier alpha value is -3.56. The summed E-state index contributed by atoms with van der Waals surface area (Å²) >= 11 is 6.29. The van der Waals surface area contributed by atoms with Gasteiger partial charge in [0.15, 0.2) is 0 Å². The van der Waals surface area contributed by atoms with Crippen molar-refractivity contribution in [2.45, 2.75) is 69.5 Å². The number of carbonyl (C=O) groups excluding carboxylic acids is 2. The van der Waals surface area contributed by atoms with Gasteiger partial charge in [0.1, 0.15) is 18.3 Å². The Morgan fingerprint density at radius 1 is 1.00 bits per heavy atom. The number of rotatable bonds is 11. The minimum absolute atomic E-state index is 0.00755. The number of ether oxygens (including phenoxy) is 1. The van der Waals surface area contributed by atoms with Crippen LogP contribution in [0.15, 0.2) is 77.7 Å². The molecule has 42 heavy (non-hydrogen) atoms. The number of anilines is 1. The molecule has 10 heteroatoms. The second-order valence-electron chi connectivity index (χ2n) is 10.7. The molecule has 1 atom stereocenters. The van der Waals surface area contributed by atoms with Crippen LogP contribution in [-0.4, -0.2) is 50.9 Å². The van der Waals surface area contributed by atoms with Crippen LogP contribution in [0.5, 0.6) is 5.75 Å². The standard InChI is InChI=1S/C32H38ClN3O5S/c1-23-11-10-12-25(19-23)21-35(24(2)32(38)34-27-13-6-4-7-14-27)31(37)22-36(29-20-26(33)17-18-30(29)41-3)42(39,40)28-15-8-5-9-16-28/h5,8-12,15-20,24,27H,4,6-7,13-14,21-22H2,1-3H3,(H,34,38)/t24-/m0/s1. The largest absolute Gasteiger partial charge is 0.495 e. The van der Waals surface area contributed by atoms with Crippen molar-refractivity contribution in [3.05, 3.63) is 88.9 Å². The summed E-state index contributed by atoms with van der Waals surface area (Å²) in [7, 11) is -2.81. The highest BCUT2D eigenvalue weighted by Gasteiger charge is 2.34. The van der Waals surface area contributed by atoms with Crippen molar-refractivity contribution in [1.82, 2.24) is 10.2 Å². The maximum atomic E-state index is 14.2. The van der Waals surface area contributed by atoms with Crippen molar-refractivity contribution in [3.8, 4) is 5.75 Å². The summed E-state index contributed by atoms with van der Waals surface area (Å²) in [5, 5.41) is 3.40. The number of nitrogens with one attached hydrogen (secondary N) is 1. The molecule has 0 saturated heterocycles. The molecule has 1 aliphatic rings. The van der Waals surface area contributed by atoms with E-state index in [-0.39, 0.29) is 39.8 Å². The van der Waals surface area contributed by atoms with Gasteiger partial charge in [-0.25, -0.2) is 8.42 Å². The molecular formula is C32H38ClN3O5S. The highest BCUT2D eigenvalue weighted by molar-refractivity contribution is 7.92. The Balaban J connectivity index is 1.72. The molecule has 4 rings (SSSR count). The molecule has 1 fully saturated rings. The van der Waals surface area contributed by atoms with Crippen LogP contribution < -0.4 is 14.4 Å². The van der Waals surface area contributed by atoms with Crippen molar-refractivity contribution in [1.29, 1.82) is 0 Å². The van der Waals surface area contributed by atoms with Gasteiger partial charge >= 0.3 is 0 Å². The number of halogens is 1. The number of benzene rings is 3. The molecule has 0 aromatic heterocycles. The van der Waals surface area contributed by atoms with Gasteiger partial charge in [-0.3, -0.25) is 13.9 Å². The third kappa shape index (κ3) is 7.63. The number of nitrogens with zero attached hydrogens (tertiary/aromatic N) is 2. The molecule has 0 radical (unpaired) electrons. The topological polar surface area (TPSA) is 96.0 Å². The maximum Gasteiger partial charge on any atom is 0.264 e. The van der Waals surface area contributed by atoms with E-state index in [4.69, 9.17) is 16.3 Å². The number of aryl methyl sites for hydroxylation is 1. The Bertz CT molecular complexity index is 1490. The highest BCUT2D eigenvalue weighted by Crippen LogP contribution is 2.35. The lowest BCUT2D eigenvalue weighted by Gasteiger charge is -2.33. The van der Waals surface area contributed by atoms with Crippen molar-refractivity contribution < 1.29 is 22.7 Å². The highest BCUT2D eigenvalue weighted by atomic mass is 35.5. The molecule has 2 amide bonds. The van der Waals surface area contributed by atoms with Crippen LogP contribution in [0.25, 0.3) is 0 Å². The van der Waals surface area contributed by atoms with Crippen LogP contribution in [0, 0.1) is 6.92 Å². The second kappa shape index (κ2) is 14.1. The van der Waals surface area contributed by atoms with Crippen LogP contribution in [0.3, 0.4) is 0 Å². The Labute approximate surface area is 253 Å². The van der Waals surface area contributed by atoms with Crippen molar-refractivity contribution in [2.24, 2.45) is 0 Å². The summed E-state index contributed by atoms with van der Waals surface area (Å²) in [5.41, 5.74) is 1.96. The first-order valence-electron chi connectivity index (χ1n) is 14.2. The van der Waals surface area contributed by atoms with Crippen molar-refractivity contribution >= 4 is 39.1 Å². The number of hydrogen-bond acceptors (Lipinski definition) is 5. The van der Waals surface area contributed by atoms with Crippen molar-refractivity contribution in [3.63, 3.8) is 0 Å². The fourth-order valence-corrected chi connectivity index (χ4v) is 6.85. The zero-order valence-electron chi connectivity index (χ0n) is 24.3. The van der Waals surface area contributed by atoms with Crippen molar-refractivity contribution in [2.75, 3.05) is 18.0 Å². The van der Waals surface area contributed by atoms with Crippen LogP contribution in [0.2, 0.25) is 5.02 Å². The first kappa shape index (κ1) is 31.4.